The Morgan fingerprint density at radius 3 is 2.03 bits per heavy atom. The van der Waals surface area contributed by atoms with E-state index in [4.69, 9.17) is 0 Å². The number of rotatable bonds is 5. The van der Waals surface area contributed by atoms with Gasteiger partial charge in [0.05, 0.1) is 0 Å². The first-order valence-electron chi connectivity index (χ1n) is 10.4. The summed E-state index contributed by atoms with van der Waals surface area (Å²) in [5, 5.41) is 4.21. The maximum Gasteiger partial charge on any atom is 0.225 e. The van der Waals surface area contributed by atoms with Gasteiger partial charge in [-0.3, -0.25) is 4.79 Å². The van der Waals surface area contributed by atoms with E-state index in [0.717, 1.165) is 27.7 Å². The molecule has 2 N–H and O–H groups in total. The van der Waals surface area contributed by atoms with Crippen LogP contribution in [0.1, 0.15) is 49.9 Å². The average Bonchev–Trinajstić information content (AvgIpc) is 3.17. The number of hydrogen-bond donors (Lipinski definition) is 2. The second-order valence-corrected chi connectivity index (χ2v) is 8.86. The molecule has 3 aromatic carbocycles. The van der Waals surface area contributed by atoms with Crippen molar-refractivity contribution in [3.63, 3.8) is 0 Å². The lowest BCUT2D eigenvalue weighted by molar-refractivity contribution is -0.116. The summed E-state index contributed by atoms with van der Waals surface area (Å²) < 4.78 is 0. The molecule has 0 spiro atoms. The first kappa shape index (κ1) is 20.0. The molecular weight excluding hydrogens is 368 g/mol. The van der Waals surface area contributed by atoms with Crippen LogP contribution in [0.4, 0.5) is 5.69 Å². The molecular formula is C27H28N2O. The molecule has 0 saturated heterocycles. The molecule has 0 aliphatic rings. The number of benzene rings is 3. The lowest BCUT2D eigenvalue weighted by Crippen LogP contribution is -2.16. The lowest BCUT2D eigenvalue weighted by Gasteiger charge is -2.18. The summed E-state index contributed by atoms with van der Waals surface area (Å²) in [6.07, 6.45) is 0.395. The molecule has 152 valence electrons. The van der Waals surface area contributed by atoms with Gasteiger partial charge in [-0.1, -0.05) is 81.4 Å². The number of amides is 1. The predicted octanol–water partition coefficient (Wildman–Crippen LogP) is 6.63. The molecule has 30 heavy (non-hydrogen) atoms. The van der Waals surface area contributed by atoms with Crippen molar-refractivity contribution in [2.24, 2.45) is 0 Å². The lowest BCUT2D eigenvalue weighted by atomic mass is 9.88. The van der Waals surface area contributed by atoms with Crippen LogP contribution in [0.2, 0.25) is 0 Å². The van der Waals surface area contributed by atoms with Gasteiger partial charge in [0.1, 0.15) is 0 Å². The van der Waals surface area contributed by atoms with Crippen LogP contribution in [-0.4, -0.2) is 10.9 Å². The van der Waals surface area contributed by atoms with Gasteiger partial charge in [-0.05, 0) is 35.4 Å². The summed E-state index contributed by atoms with van der Waals surface area (Å²) in [6.45, 7) is 6.56. The SMILES string of the molecule is CC(C)(C)c1cc2cc(NC(=O)CC(c3ccccc3)c3ccccc3)ccc2[nH]1. The van der Waals surface area contributed by atoms with Crippen molar-refractivity contribution in [1.29, 1.82) is 0 Å². The highest BCUT2D eigenvalue weighted by Crippen LogP contribution is 2.30. The molecule has 4 rings (SSSR count). The second-order valence-electron chi connectivity index (χ2n) is 8.86. The molecule has 1 aromatic heterocycles. The smallest absolute Gasteiger partial charge is 0.225 e. The molecule has 1 amide bonds. The fourth-order valence-corrected chi connectivity index (χ4v) is 3.81. The summed E-state index contributed by atoms with van der Waals surface area (Å²) in [5.41, 5.74) is 5.45. The van der Waals surface area contributed by atoms with Gasteiger partial charge in [0.2, 0.25) is 5.91 Å². The minimum absolute atomic E-state index is 0.0126. The van der Waals surface area contributed by atoms with Crippen LogP contribution in [-0.2, 0) is 10.2 Å². The maximum atomic E-state index is 13.0. The summed E-state index contributed by atoms with van der Waals surface area (Å²) in [6, 6.07) is 28.7. The normalized spacial score (nSPS) is 11.7. The van der Waals surface area contributed by atoms with Crippen molar-refractivity contribution in [2.75, 3.05) is 5.32 Å². The molecule has 1 heterocycles. The van der Waals surface area contributed by atoms with Gasteiger partial charge in [-0.2, -0.15) is 0 Å². The Kier molecular flexibility index (Phi) is 5.45. The molecule has 0 bridgehead atoms. The van der Waals surface area contributed by atoms with E-state index >= 15 is 0 Å². The Balaban J connectivity index is 1.55. The molecule has 3 nitrogen and oxygen atoms in total. The van der Waals surface area contributed by atoms with Crippen molar-refractivity contribution in [3.05, 3.63) is 102 Å². The molecule has 0 unspecified atom stereocenters. The van der Waals surface area contributed by atoms with Gasteiger partial charge in [0, 0.05) is 40.0 Å². The topological polar surface area (TPSA) is 44.9 Å². The highest BCUT2D eigenvalue weighted by molar-refractivity contribution is 5.94. The van der Waals surface area contributed by atoms with Gasteiger partial charge >= 0.3 is 0 Å². The summed E-state index contributed by atoms with van der Waals surface area (Å²) in [5.74, 6) is 0.0366. The number of aromatic amines is 1. The Hall–Kier alpha value is -3.33. The number of carbonyl (C=O) groups excluding carboxylic acids is 1. The third-order valence-electron chi connectivity index (χ3n) is 5.51. The fourth-order valence-electron chi connectivity index (χ4n) is 3.81. The van der Waals surface area contributed by atoms with Crippen LogP contribution in [0.25, 0.3) is 10.9 Å². The number of nitrogens with one attached hydrogen (secondary N) is 2. The summed E-state index contributed by atoms with van der Waals surface area (Å²) in [7, 11) is 0. The summed E-state index contributed by atoms with van der Waals surface area (Å²) in [4.78, 5) is 16.4. The van der Waals surface area contributed by atoms with Gasteiger partial charge in [-0.15, -0.1) is 0 Å². The molecule has 0 aliphatic heterocycles. The van der Waals surface area contributed by atoms with E-state index in [0.29, 0.717) is 6.42 Å². The number of carbonyl (C=O) groups is 1. The average molecular weight is 397 g/mol. The van der Waals surface area contributed by atoms with Gasteiger partial charge in [0.15, 0.2) is 0 Å². The third kappa shape index (κ3) is 4.46. The monoisotopic (exact) mass is 396 g/mol. The van der Waals surface area contributed by atoms with E-state index in [1.807, 2.05) is 54.6 Å². The Labute approximate surface area is 178 Å². The van der Waals surface area contributed by atoms with Crippen LogP contribution in [0.5, 0.6) is 0 Å². The van der Waals surface area contributed by atoms with Crippen molar-refractivity contribution >= 4 is 22.5 Å². The minimum atomic E-state index is 0.0126. The van der Waals surface area contributed by atoms with Crippen LogP contribution in [0.15, 0.2) is 84.9 Å². The molecule has 0 fully saturated rings. The van der Waals surface area contributed by atoms with Crippen LogP contribution >= 0.6 is 0 Å². The number of hydrogen-bond acceptors (Lipinski definition) is 1. The van der Waals surface area contributed by atoms with Crippen LogP contribution < -0.4 is 5.32 Å². The van der Waals surface area contributed by atoms with Crippen molar-refractivity contribution in [3.8, 4) is 0 Å². The highest BCUT2D eigenvalue weighted by atomic mass is 16.1. The molecule has 0 aliphatic carbocycles. The number of aromatic nitrogens is 1. The first-order chi connectivity index (χ1) is 14.4. The van der Waals surface area contributed by atoms with Crippen molar-refractivity contribution < 1.29 is 4.79 Å². The van der Waals surface area contributed by atoms with Gasteiger partial charge < -0.3 is 10.3 Å². The quantitative estimate of drug-likeness (QED) is 0.391. The molecule has 0 radical (unpaired) electrons. The molecule has 4 aromatic rings. The van der Waals surface area contributed by atoms with E-state index in [1.54, 1.807) is 0 Å². The van der Waals surface area contributed by atoms with E-state index in [-0.39, 0.29) is 17.2 Å². The van der Waals surface area contributed by atoms with Gasteiger partial charge in [0.25, 0.3) is 0 Å². The number of H-pyrrole nitrogens is 1. The van der Waals surface area contributed by atoms with Crippen LogP contribution in [0.3, 0.4) is 0 Å². The Morgan fingerprint density at radius 1 is 0.867 bits per heavy atom. The largest absolute Gasteiger partial charge is 0.358 e. The zero-order valence-electron chi connectivity index (χ0n) is 17.8. The van der Waals surface area contributed by atoms with E-state index in [2.05, 4.69) is 61.4 Å². The van der Waals surface area contributed by atoms with E-state index < -0.39 is 0 Å². The van der Waals surface area contributed by atoms with Crippen molar-refractivity contribution in [1.82, 2.24) is 4.98 Å². The van der Waals surface area contributed by atoms with E-state index in [9.17, 15) is 4.79 Å². The first-order valence-corrected chi connectivity index (χ1v) is 10.4. The summed E-state index contributed by atoms with van der Waals surface area (Å²) >= 11 is 0. The van der Waals surface area contributed by atoms with Crippen molar-refractivity contribution in [2.45, 2.75) is 38.5 Å². The third-order valence-corrected chi connectivity index (χ3v) is 5.51. The molecule has 0 saturated carbocycles. The minimum Gasteiger partial charge on any atom is -0.358 e. The van der Waals surface area contributed by atoms with E-state index in [1.165, 1.54) is 5.69 Å². The zero-order valence-corrected chi connectivity index (χ0v) is 17.8. The molecule has 0 atom stereocenters. The number of fused-ring (bicyclic) bond motifs is 1. The maximum absolute atomic E-state index is 13.0. The van der Waals surface area contributed by atoms with Crippen LogP contribution in [0, 0.1) is 0 Å². The highest BCUT2D eigenvalue weighted by Gasteiger charge is 2.19. The predicted molar refractivity (Wildman–Crippen MR) is 125 cm³/mol. The zero-order chi connectivity index (χ0) is 21.1. The molecule has 3 heteroatoms. The Bertz CT molecular complexity index is 1100. The van der Waals surface area contributed by atoms with Gasteiger partial charge in [-0.25, -0.2) is 0 Å². The Morgan fingerprint density at radius 2 is 1.47 bits per heavy atom. The number of anilines is 1. The standard InChI is InChI=1S/C27H28N2O/c1-27(2,3)25-17-21-16-22(14-15-24(21)29-25)28-26(30)18-23(19-10-6-4-7-11-19)20-12-8-5-9-13-20/h4-17,23,29H,18H2,1-3H3,(H,28,30). The second kappa shape index (κ2) is 8.19. The fraction of sp³-hybridized carbons (Fsp3) is 0.222.